The molecular weight excluding hydrogens is 731 g/mol. The molecule has 0 aromatic rings. The van der Waals surface area contributed by atoms with Crippen molar-refractivity contribution in [2.24, 2.45) is 0 Å². The van der Waals surface area contributed by atoms with E-state index in [2.05, 4.69) is 29.8 Å². The van der Waals surface area contributed by atoms with Crippen LogP contribution in [-0.4, -0.2) is 53.8 Å². The second kappa shape index (κ2) is 44.6. The fraction of sp³-hybridized carbons (Fsp3) is 0.933. The monoisotopic (exact) mass is 821 g/mol. The fourth-order valence-electron chi connectivity index (χ4n) is 6.57. The Morgan fingerprint density at radius 2 is 0.821 bits per heavy atom. The number of hydrogen-bond acceptors (Lipinski definition) is 8. The van der Waals surface area contributed by atoms with Crippen molar-refractivity contribution in [2.75, 3.05) is 19.8 Å². The molecule has 0 aromatic heterocycles. The molecule has 334 valence electrons. The normalized spacial score (nSPS) is 13.1. The van der Waals surface area contributed by atoms with Gasteiger partial charge in [-0.15, -0.1) is 0 Å². The van der Waals surface area contributed by atoms with Gasteiger partial charge in [-0.1, -0.05) is 175 Å². The molecule has 0 aromatic carbocycles. The first-order chi connectivity index (χ1) is 27.1. The molecular formula is C45H89O10P. The van der Waals surface area contributed by atoms with Crippen molar-refractivity contribution in [1.29, 1.82) is 0 Å². The van der Waals surface area contributed by atoms with Gasteiger partial charge in [-0.3, -0.25) is 23.4 Å². The molecule has 1 heterocycles. The SMILES string of the molecule is CCCCCCCCC(CCCCCCCC)OC(=O)CCCCCCC(=O)OCC.CCCCCCCCCCCCCCCC(=O)O.O=P1(O)OCCO1. The van der Waals surface area contributed by atoms with Crippen molar-refractivity contribution < 1.29 is 47.5 Å². The number of rotatable bonds is 37. The Balaban J connectivity index is 0. The minimum absolute atomic E-state index is 0.0349. The predicted molar refractivity (Wildman–Crippen MR) is 230 cm³/mol. The lowest BCUT2D eigenvalue weighted by molar-refractivity contribution is -0.150. The molecule has 0 amide bonds. The van der Waals surface area contributed by atoms with E-state index in [-0.39, 0.29) is 31.3 Å². The molecule has 0 saturated carbocycles. The van der Waals surface area contributed by atoms with E-state index in [1.165, 1.54) is 148 Å². The number of unbranched alkanes of at least 4 members (excludes halogenated alkanes) is 25. The first kappa shape index (κ1) is 56.6. The summed E-state index contributed by atoms with van der Waals surface area (Å²) in [7, 11) is -3.54. The number of carbonyl (C=O) groups is 3. The van der Waals surface area contributed by atoms with Crippen molar-refractivity contribution in [3.8, 4) is 0 Å². The maximum Gasteiger partial charge on any atom is 0.472 e. The van der Waals surface area contributed by atoms with Gasteiger partial charge in [0.15, 0.2) is 0 Å². The van der Waals surface area contributed by atoms with Crippen molar-refractivity contribution >= 4 is 25.7 Å². The summed E-state index contributed by atoms with van der Waals surface area (Å²) in [6.07, 6.45) is 39.4. The average Bonchev–Trinajstić information content (AvgIpc) is 3.58. The average molecular weight is 821 g/mol. The van der Waals surface area contributed by atoms with Crippen molar-refractivity contribution in [2.45, 2.75) is 252 Å². The van der Waals surface area contributed by atoms with Crippen LogP contribution in [0.5, 0.6) is 0 Å². The lowest BCUT2D eigenvalue weighted by Crippen LogP contribution is -2.18. The number of carboxylic acid groups (broad SMARTS) is 1. The molecule has 0 radical (unpaired) electrons. The Kier molecular flexibility index (Phi) is 45.1. The predicted octanol–water partition coefficient (Wildman–Crippen LogP) is 14.0. The molecule has 0 bridgehead atoms. The summed E-state index contributed by atoms with van der Waals surface area (Å²) < 4.78 is 29.4. The molecule has 0 spiro atoms. The Morgan fingerprint density at radius 1 is 0.500 bits per heavy atom. The molecule has 1 fully saturated rings. The molecule has 11 heteroatoms. The second-order valence-electron chi connectivity index (χ2n) is 15.5. The molecule has 0 atom stereocenters. The van der Waals surface area contributed by atoms with Crippen molar-refractivity contribution in [3.63, 3.8) is 0 Å². The molecule has 2 N–H and O–H groups in total. The van der Waals surface area contributed by atoms with Gasteiger partial charge in [0.25, 0.3) is 0 Å². The molecule has 0 aliphatic carbocycles. The third-order valence-corrected chi connectivity index (χ3v) is 11.0. The maximum absolute atomic E-state index is 12.3. The standard InChI is InChI=1S/C27H52O4.C16H32O2.C2H5O4P/c1-4-7-9-11-13-17-21-25(22-18-14-12-10-8-5-2)31-27(29)24-20-16-15-19-23-26(28)30-6-3;1-2-3-4-5-6-7-8-9-10-11-12-13-14-15-16(17)18;3-7(4)5-1-2-6-7/h25H,4-24H2,1-3H3;2-15H2,1H3,(H,17,18);1-2H2,(H,3,4). The first-order valence-corrected chi connectivity index (χ1v) is 24.8. The van der Waals surface area contributed by atoms with Gasteiger partial charge in [-0.05, 0) is 51.9 Å². The number of esters is 2. The highest BCUT2D eigenvalue weighted by atomic mass is 31.2. The summed E-state index contributed by atoms with van der Waals surface area (Å²) >= 11 is 0. The maximum atomic E-state index is 12.3. The van der Waals surface area contributed by atoms with Crippen LogP contribution < -0.4 is 0 Å². The van der Waals surface area contributed by atoms with Crippen LogP contribution in [0.4, 0.5) is 0 Å². The van der Waals surface area contributed by atoms with Crippen LogP contribution in [0.2, 0.25) is 0 Å². The number of ether oxygens (including phenoxy) is 2. The molecule has 0 unspecified atom stereocenters. The van der Waals surface area contributed by atoms with E-state index in [0.717, 1.165) is 51.4 Å². The summed E-state index contributed by atoms with van der Waals surface area (Å²) in [6.45, 7) is 9.49. The smallest absolute Gasteiger partial charge is 0.472 e. The summed E-state index contributed by atoms with van der Waals surface area (Å²) in [5.74, 6) is -0.806. The first-order valence-electron chi connectivity index (χ1n) is 23.3. The summed E-state index contributed by atoms with van der Waals surface area (Å²) in [5, 5.41) is 8.49. The molecule has 10 nitrogen and oxygen atoms in total. The number of phosphoric acid groups is 1. The quantitative estimate of drug-likeness (QED) is 0.0353. The van der Waals surface area contributed by atoms with Crippen LogP contribution >= 0.6 is 7.82 Å². The number of carboxylic acids is 1. The summed E-state index contributed by atoms with van der Waals surface area (Å²) in [6, 6.07) is 0. The largest absolute Gasteiger partial charge is 0.481 e. The highest BCUT2D eigenvalue weighted by Crippen LogP contribution is 2.46. The van der Waals surface area contributed by atoms with E-state index < -0.39 is 13.8 Å². The van der Waals surface area contributed by atoms with Gasteiger partial charge in [-0.2, -0.15) is 0 Å². The highest BCUT2D eigenvalue weighted by Gasteiger charge is 2.26. The van der Waals surface area contributed by atoms with Gasteiger partial charge in [0.2, 0.25) is 0 Å². The van der Waals surface area contributed by atoms with Gasteiger partial charge in [-0.25, -0.2) is 4.57 Å². The van der Waals surface area contributed by atoms with Gasteiger partial charge < -0.3 is 19.5 Å². The van der Waals surface area contributed by atoms with Crippen LogP contribution in [0, 0.1) is 0 Å². The van der Waals surface area contributed by atoms with E-state index in [0.29, 0.717) is 25.9 Å². The van der Waals surface area contributed by atoms with E-state index in [1.807, 2.05) is 6.92 Å². The van der Waals surface area contributed by atoms with Gasteiger partial charge in [0.05, 0.1) is 19.8 Å². The summed E-state index contributed by atoms with van der Waals surface area (Å²) in [5.41, 5.74) is 0. The van der Waals surface area contributed by atoms with E-state index in [1.54, 1.807) is 0 Å². The number of hydrogen-bond donors (Lipinski definition) is 2. The second-order valence-corrected chi connectivity index (χ2v) is 16.9. The van der Waals surface area contributed by atoms with Crippen LogP contribution in [0.15, 0.2) is 0 Å². The van der Waals surface area contributed by atoms with Crippen LogP contribution in [0.3, 0.4) is 0 Å². The number of phosphoric ester groups is 1. The Morgan fingerprint density at radius 3 is 1.14 bits per heavy atom. The number of carbonyl (C=O) groups excluding carboxylic acids is 2. The van der Waals surface area contributed by atoms with Crippen molar-refractivity contribution in [3.05, 3.63) is 0 Å². The lowest BCUT2D eigenvalue weighted by Gasteiger charge is -2.18. The molecule has 1 aliphatic heterocycles. The number of aliphatic carboxylic acids is 1. The molecule has 1 saturated heterocycles. The third-order valence-electron chi connectivity index (χ3n) is 9.96. The van der Waals surface area contributed by atoms with Gasteiger partial charge in [0.1, 0.15) is 6.10 Å². The Hall–Kier alpha value is -1.48. The fourth-order valence-corrected chi connectivity index (χ4v) is 7.26. The topological polar surface area (TPSA) is 146 Å². The van der Waals surface area contributed by atoms with E-state index in [9.17, 15) is 18.9 Å². The van der Waals surface area contributed by atoms with Crippen LogP contribution in [-0.2, 0) is 37.5 Å². The van der Waals surface area contributed by atoms with E-state index >= 15 is 0 Å². The van der Waals surface area contributed by atoms with Crippen LogP contribution in [0.25, 0.3) is 0 Å². The molecule has 1 aliphatic rings. The minimum Gasteiger partial charge on any atom is -0.481 e. The van der Waals surface area contributed by atoms with Gasteiger partial charge >= 0.3 is 25.7 Å². The minimum atomic E-state index is -3.54. The highest BCUT2D eigenvalue weighted by molar-refractivity contribution is 7.47. The molecule has 56 heavy (non-hydrogen) atoms. The zero-order valence-corrected chi connectivity index (χ0v) is 37.7. The lowest BCUT2D eigenvalue weighted by atomic mass is 10.0. The Labute approximate surface area is 344 Å². The zero-order valence-electron chi connectivity index (χ0n) is 36.8. The Bertz CT molecular complexity index is 889. The summed E-state index contributed by atoms with van der Waals surface area (Å²) in [4.78, 5) is 42.3. The van der Waals surface area contributed by atoms with Crippen LogP contribution in [0.1, 0.15) is 246 Å². The van der Waals surface area contributed by atoms with Crippen molar-refractivity contribution in [1.82, 2.24) is 0 Å². The zero-order chi connectivity index (χ0) is 41.8. The van der Waals surface area contributed by atoms with E-state index in [4.69, 9.17) is 19.5 Å². The third kappa shape index (κ3) is 46.9. The van der Waals surface area contributed by atoms with Gasteiger partial charge in [0, 0.05) is 19.3 Å². The molecule has 1 rings (SSSR count).